The fourth-order valence-corrected chi connectivity index (χ4v) is 5.15. The lowest BCUT2D eigenvalue weighted by molar-refractivity contribution is -0.141. The predicted molar refractivity (Wildman–Crippen MR) is 103 cm³/mol. The summed E-state index contributed by atoms with van der Waals surface area (Å²) in [7, 11) is 0. The van der Waals surface area contributed by atoms with Crippen molar-refractivity contribution in [1.29, 1.82) is 0 Å². The molecule has 1 aromatic carbocycles. The molecule has 4 nitrogen and oxygen atoms in total. The van der Waals surface area contributed by atoms with Gasteiger partial charge in [0.1, 0.15) is 0 Å². The van der Waals surface area contributed by atoms with Gasteiger partial charge in [-0.2, -0.15) is 0 Å². The van der Waals surface area contributed by atoms with Crippen LogP contribution in [0.25, 0.3) is 0 Å². The molecular weight excluding hydrogens is 332 g/mol. The molecule has 0 saturated carbocycles. The molecule has 0 N–H and O–H groups in total. The zero-order chi connectivity index (χ0) is 18.2. The molecular formula is C20H28N2O2S. The van der Waals surface area contributed by atoms with Gasteiger partial charge in [-0.05, 0) is 31.9 Å². The standard InChI is InChI=1S/C20H28N2O2S/c1-15-5-7-16(8-6-15)17(23)22-13-14-25-20(22)9-11-21(12-10-20)18(24)19(2,3)4/h5-8H,9-14H2,1-4H3. The van der Waals surface area contributed by atoms with Crippen LogP contribution in [0, 0.1) is 12.3 Å². The van der Waals surface area contributed by atoms with Crippen molar-refractivity contribution in [3.63, 3.8) is 0 Å². The van der Waals surface area contributed by atoms with Crippen LogP contribution in [0.1, 0.15) is 49.5 Å². The molecule has 2 amide bonds. The number of hydrogen-bond donors (Lipinski definition) is 0. The quantitative estimate of drug-likeness (QED) is 0.769. The molecule has 0 atom stereocenters. The van der Waals surface area contributed by atoms with E-state index in [1.54, 1.807) is 0 Å². The van der Waals surface area contributed by atoms with E-state index >= 15 is 0 Å². The number of thioether (sulfide) groups is 1. The Morgan fingerprint density at radius 3 is 2.20 bits per heavy atom. The van der Waals surface area contributed by atoms with Crippen molar-refractivity contribution in [2.75, 3.05) is 25.4 Å². The molecule has 25 heavy (non-hydrogen) atoms. The van der Waals surface area contributed by atoms with Crippen molar-refractivity contribution in [3.8, 4) is 0 Å². The number of carbonyl (C=O) groups is 2. The van der Waals surface area contributed by atoms with Gasteiger partial charge in [-0.1, -0.05) is 38.5 Å². The molecule has 5 heteroatoms. The summed E-state index contributed by atoms with van der Waals surface area (Å²) < 4.78 is 0. The number of benzene rings is 1. The Balaban J connectivity index is 1.73. The minimum absolute atomic E-state index is 0.126. The highest BCUT2D eigenvalue weighted by atomic mass is 32.2. The summed E-state index contributed by atoms with van der Waals surface area (Å²) in [6, 6.07) is 7.83. The number of carbonyl (C=O) groups excluding carboxylic acids is 2. The average Bonchev–Trinajstić information content (AvgIpc) is 2.97. The average molecular weight is 361 g/mol. The third-order valence-electron chi connectivity index (χ3n) is 5.19. The summed E-state index contributed by atoms with van der Waals surface area (Å²) in [6.07, 6.45) is 1.72. The minimum Gasteiger partial charge on any atom is -0.342 e. The van der Waals surface area contributed by atoms with E-state index in [-0.39, 0.29) is 22.1 Å². The lowest BCUT2D eigenvalue weighted by Crippen LogP contribution is -2.55. The van der Waals surface area contributed by atoms with Crippen molar-refractivity contribution in [2.45, 2.75) is 45.4 Å². The van der Waals surface area contributed by atoms with Gasteiger partial charge in [0.05, 0.1) is 4.87 Å². The fraction of sp³-hybridized carbons (Fsp3) is 0.600. The van der Waals surface area contributed by atoms with E-state index in [1.807, 2.05) is 68.6 Å². The maximum atomic E-state index is 13.0. The van der Waals surface area contributed by atoms with Crippen LogP contribution >= 0.6 is 11.8 Å². The summed E-state index contributed by atoms with van der Waals surface area (Å²) in [5, 5.41) is 0. The Bertz CT molecular complexity index is 655. The number of rotatable bonds is 1. The summed E-state index contributed by atoms with van der Waals surface area (Å²) in [6.45, 7) is 10.2. The highest BCUT2D eigenvalue weighted by Crippen LogP contribution is 2.45. The highest BCUT2D eigenvalue weighted by molar-refractivity contribution is 8.00. The van der Waals surface area contributed by atoms with E-state index in [0.29, 0.717) is 0 Å². The summed E-state index contributed by atoms with van der Waals surface area (Å²) in [5.74, 6) is 1.31. The molecule has 0 bridgehead atoms. The fourth-order valence-electron chi connectivity index (χ4n) is 3.69. The van der Waals surface area contributed by atoms with Crippen molar-refractivity contribution >= 4 is 23.6 Å². The van der Waals surface area contributed by atoms with E-state index in [2.05, 4.69) is 4.90 Å². The van der Waals surface area contributed by atoms with Gasteiger partial charge in [-0.3, -0.25) is 9.59 Å². The van der Waals surface area contributed by atoms with Crippen LogP contribution < -0.4 is 0 Å². The normalized spacial score (nSPS) is 20.2. The molecule has 0 aliphatic carbocycles. The molecule has 0 aromatic heterocycles. The van der Waals surface area contributed by atoms with E-state index in [0.717, 1.165) is 49.4 Å². The lowest BCUT2D eigenvalue weighted by Gasteiger charge is -2.45. The number of piperidine rings is 1. The van der Waals surface area contributed by atoms with E-state index < -0.39 is 0 Å². The molecule has 3 rings (SSSR count). The van der Waals surface area contributed by atoms with Crippen LogP contribution in [0.4, 0.5) is 0 Å². The number of hydrogen-bond acceptors (Lipinski definition) is 3. The first kappa shape index (κ1) is 18.3. The monoisotopic (exact) mass is 360 g/mol. The summed E-state index contributed by atoms with van der Waals surface area (Å²) in [4.78, 5) is 29.5. The van der Waals surface area contributed by atoms with Crippen molar-refractivity contribution in [2.24, 2.45) is 5.41 Å². The van der Waals surface area contributed by atoms with E-state index in [9.17, 15) is 9.59 Å². The Kier molecular flexibility index (Phi) is 4.89. The molecule has 0 radical (unpaired) electrons. The van der Waals surface area contributed by atoms with Crippen LogP contribution in [0.3, 0.4) is 0 Å². The predicted octanol–water partition coefficient (Wildman–Crippen LogP) is 3.55. The van der Waals surface area contributed by atoms with Crippen LogP contribution in [0.2, 0.25) is 0 Å². The first-order valence-corrected chi connectivity index (χ1v) is 10.0. The first-order chi connectivity index (χ1) is 11.7. The summed E-state index contributed by atoms with van der Waals surface area (Å²) in [5.41, 5.74) is 1.58. The zero-order valence-corrected chi connectivity index (χ0v) is 16.5. The molecule has 0 unspecified atom stereocenters. The molecule has 136 valence electrons. The molecule has 2 saturated heterocycles. The molecule has 2 heterocycles. The first-order valence-electron chi connectivity index (χ1n) is 9.05. The van der Waals surface area contributed by atoms with Gasteiger partial charge in [0.2, 0.25) is 5.91 Å². The van der Waals surface area contributed by atoms with Crippen molar-refractivity contribution < 1.29 is 9.59 Å². The zero-order valence-electron chi connectivity index (χ0n) is 15.7. The van der Waals surface area contributed by atoms with Gasteiger partial charge in [-0.15, -0.1) is 11.8 Å². The second-order valence-corrected chi connectivity index (χ2v) is 9.62. The van der Waals surface area contributed by atoms with Crippen molar-refractivity contribution in [1.82, 2.24) is 9.80 Å². The smallest absolute Gasteiger partial charge is 0.254 e. The largest absolute Gasteiger partial charge is 0.342 e. The van der Waals surface area contributed by atoms with Gasteiger partial charge < -0.3 is 9.80 Å². The Morgan fingerprint density at radius 1 is 1.04 bits per heavy atom. The minimum atomic E-state index is -0.343. The van der Waals surface area contributed by atoms with E-state index in [4.69, 9.17) is 0 Å². The number of likely N-dealkylation sites (tertiary alicyclic amines) is 1. The second kappa shape index (κ2) is 6.67. The molecule has 2 fully saturated rings. The number of amides is 2. The third-order valence-corrected chi connectivity index (χ3v) is 6.75. The Morgan fingerprint density at radius 2 is 1.64 bits per heavy atom. The molecule has 2 aliphatic heterocycles. The van der Waals surface area contributed by atoms with Gasteiger partial charge >= 0.3 is 0 Å². The Labute approximate surface area is 154 Å². The van der Waals surface area contributed by atoms with Gasteiger partial charge in [0.25, 0.3) is 5.91 Å². The molecule has 2 aliphatic rings. The van der Waals surface area contributed by atoms with Crippen LogP contribution in [-0.2, 0) is 4.79 Å². The van der Waals surface area contributed by atoms with E-state index in [1.165, 1.54) is 0 Å². The number of nitrogens with zero attached hydrogens (tertiary/aromatic N) is 2. The van der Waals surface area contributed by atoms with Crippen LogP contribution in [0.15, 0.2) is 24.3 Å². The lowest BCUT2D eigenvalue weighted by atomic mass is 9.92. The maximum Gasteiger partial charge on any atom is 0.254 e. The molecule has 1 spiro atoms. The van der Waals surface area contributed by atoms with Crippen molar-refractivity contribution in [3.05, 3.63) is 35.4 Å². The molecule has 1 aromatic rings. The SMILES string of the molecule is Cc1ccc(C(=O)N2CCSC23CCN(C(=O)C(C)(C)C)CC3)cc1. The van der Waals surface area contributed by atoms with Crippen LogP contribution in [0.5, 0.6) is 0 Å². The van der Waals surface area contributed by atoms with Crippen LogP contribution in [-0.4, -0.2) is 51.9 Å². The summed E-state index contributed by atoms with van der Waals surface area (Å²) >= 11 is 1.89. The Hall–Kier alpha value is -1.49. The second-order valence-electron chi connectivity index (χ2n) is 8.16. The van der Waals surface area contributed by atoms with Gasteiger partial charge in [-0.25, -0.2) is 0 Å². The van der Waals surface area contributed by atoms with Gasteiger partial charge in [0.15, 0.2) is 0 Å². The van der Waals surface area contributed by atoms with Gasteiger partial charge in [0, 0.05) is 36.4 Å². The maximum absolute atomic E-state index is 13.0. The third kappa shape index (κ3) is 3.57. The number of aryl methyl sites for hydroxylation is 1. The topological polar surface area (TPSA) is 40.6 Å². The highest BCUT2D eigenvalue weighted by Gasteiger charge is 2.47.